The zero-order chi connectivity index (χ0) is 39.5. The molecule has 0 bridgehead atoms. The van der Waals surface area contributed by atoms with E-state index in [0.717, 1.165) is 77.0 Å². The second-order valence-corrected chi connectivity index (χ2v) is 14.8. The molecule has 0 aliphatic carbocycles. The van der Waals surface area contributed by atoms with E-state index >= 15 is 0 Å². The predicted octanol–water partition coefficient (Wildman–Crippen LogP) is 8.72. The predicted molar refractivity (Wildman–Crippen MR) is 215 cm³/mol. The Balaban J connectivity index is 2.37. The molecule has 0 amide bonds. The van der Waals surface area contributed by atoms with E-state index in [9.17, 15) is 30.0 Å². The van der Waals surface area contributed by atoms with E-state index in [1.165, 1.54) is 57.8 Å². The van der Waals surface area contributed by atoms with Crippen LogP contribution in [0, 0.1) is 0 Å². The van der Waals surface area contributed by atoms with Crippen LogP contribution in [0.3, 0.4) is 0 Å². The number of carbonyl (C=O) groups excluding carboxylic acids is 2. The quantitative estimate of drug-likeness (QED) is 0.0280. The molecule has 1 aliphatic rings. The first-order valence-corrected chi connectivity index (χ1v) is 21.6. The highest BCUT2D eigenvalue weighted by atomic mass is 16.7. The highest BCUT2D eigenvalue weighted by Crippen LogP contribution is 2.22. The summed E-state index contributed by atoms with van der Waals surface area (Å²) in [5.41, 5.74) is 0. The lowest BCUT2D eigenvalue weighted by Crippen LogP contribution is -2.59. The summed E-state index contributed by atoms with van der Waals surface area (Å²) >= 11 is 0. The van der Waals surface area contributed by atoms with E-state index in [4.69, 9.17) is 18.9 Å². The van der Waals surface area contributed by atoms with Crippen LogP contribution in [-0.2, 0) is 28.5 Å². The molecule has 0 aromatic rings. The van der Waals surface area contributed by atoms with Crippen molar-refractivity contribution in [3.63, 3.8) is 0 Å². The first-order valence-electron chi connectivity index (χ1n) is 21.6. The van der Waals surface area contributed by atoms with E-state index in [0.29, 0.717) is 12.8 Å². The van der Waals surface area contributed by atoms with Crippen LogP contribution in [0.2, 0.25) is 0 Å². The SMILES string of the molecule is CCCCC/C=C\C/C=C\CCCCCCCC(=O)OC(COC(=O)CCCCCCC/C=C\CCCCCCC)COC1OC(CO)C(O)C(O)C1O. The summed E-state index contributed by atoms with van der Waals surface area (Å²) in [7, 11) is 0. The number of aliphatic hydroxyl groups excluding tert-OH is 4. The van der Waals surface area contributed by atoms with Gasteiger partial charge in [0.25, 0.3) is 0 Å². The lowest BCUT2D eigenvalue weighted by atomic mass is 9.99. The fraction of sp³-hybridized carbons (Fsp3) is 0.818. The second kappa shape index (κ2) is 35.3. The van der Waals surface area contributed by atoms with Crippen molar-refractivity contribution in [3.8, 4) is 0 Å². The molecule has 10 nitrogen and oxygen atoms in total. The topological polar surface area (TPSA) is 152 Å². The van der Waals surface area contributed by atoms with Crippen molar-refractivity contribution in [2.24, 2.45) is 0 Å². The Kier molecular flexibility index (Phi) is 32.7. The molecule has 0 spiro atoms. The summed E-state index contributed by atoms with van der Waals surface area (Å²) in [5, 5.41) is 40.0. The van der Waals surface area contributed by atoms with Gasteiger partial charge in [0, 0.05) is 12.8 Å². The number of aliphatic hydroxyl groups is 4. The smallest absolute Gasteiger partial charge is 0.306 e. The van der Waals surface area contributed by atoms with Crippen molar-refractivity contribution in [2.45, 2.75) is 211 Å². The zero-order valence-electron chi connectivity index (χ0n) is 34.0. The molecule has 54 heavy (non-hydrogen) atoms. The van der Waals surface area contributed by atoms with Gasteiger partial charge in [-0.05, 0) is 70.6 Å². The second-order valence-electron chi connectivity index (χ2n) is 14.8. The number of hydrogen-bond donors (Lipinski definition) is 4. The third-order valence-electron chi connectivity index (χ3n) is 9.75. The fourth-order valence-electron chi connectivity index (χ4n) is 6.27. The van der Waals surface area contributed by atoms with E-state index in [1.807, 2.05) is 0 Å². The van der Waals surface area contributed by atoms with Crippen LogP contribution < -0.4 is 0 Å². The Hall–Kier alpha value is -2.08. The number of esters is 2. The van der Waals surface area contributed by atoms with Crippen LogP contribution in [0.15, 0.2) is 36.5 Å². The van der Waals surface area contributed by atoms with Crippen LogP contribution in [0.5, 0.6) is 0 Å². The molecule has 6 atom stereocenters. The molecule has 0 radical (unpaired) electrons. The van der Waals surface area contributed by atoms with Crippen LogP contribution in [0.1, 0.15) is 174 Å². The maximum atomic E-state index is 12.7. The molecule has 1 saturated heterocycles. The van der Waals surface area contributed by atoms with Gasteiger partial charge in [-0.3, -0.25) is 9.59 Å². The van der Waals surface area contributed by atoms with E-state index < -0.39 is 49.4 Å². The molecular weight excluding hydrogens is 688 g/mol. The summed E-state index contributed by atoms with van der Waals surface area (Å²) < 4.78 is 22.1. The van der Waals surface area contributed by atoms with Crippen molar-refractivity contribution in [3.05, 3.63) is 36.5 Å². The molecule has 6 unspecified atom stereocenters. The molecular formula is C44H78O10. The maximum absolute atomic E-state index is 12.7. The normalized spacial score (nSPS) is 21.0. The van der Waals surface area contributed by atoms with Gasteiger partial charge < -0.3 is 39.4 Å². The standard InChI is InChI=1S/C44H78O10/c1-3-5-7-9-11-13-15-17-19-21-23-25-27-29-31-33-40(47)53-37(36-52-44-43(50)42(49)41(48)38(34-45)54-44)35-51-39(46)32-30-28-26-24-22-20-18-16-14-12-10-8-6-4-2/h11,13,16-19,37-38,41-45,48-50H,3-10,12,14-15,20-36H2,1-2H3/b13-11-,18-16-,19-17-. The number of hydrogen-bond acceptors (Lipinski definition) is 10. The fourth-order valence-corrected chi connectivity index (χ4v) is 6.27. The van der Waals surface area contributed by atoms with Crippen LogP contribution in [-0.4, -0.2) is 89.0 Å². The number of ether oxygens (including phenoxy) is 4. The minimum Gasteiger partial charge on any atom is -0.462 e. The van der Waals surface area contributed by atoms with Gasteiger partial charge in [-0.1, -0.05) is 127 Å². The lowest BCUT2D eigenvalue weighted by Gasteiger charge is -2.39. The molecule has 314 valence electrons. The van der Waals surface area contributed by atoms with Gasteiger partial charge in [-0.15, -0.1) is 0 Å². The zero-order valence-corrected chi connectivity index (χ0v) is 34.0. The molecule has 4 N–H and O–H groups in total. The largest absolute Gasteiger partial charge is 0.462 e. The van der Waals surface area contributed by atoms with Gasteiger partial charge in [-0.25, -0.2) is 0 Å². The number of allylic oxidation sites excluding steroid dienone is 6. The monoisotopic (exact) mass is 767 g/mol. The highest BCUT2D eigenvalue weighted by Gasteiger charge is 2.44. The van der Waals surface area contributed by atoms with Crippen molar-refractivity contribution >= 4 is 11.9 Å². The number of carbonyl (C=O) groups is 2. The molecule has 1 heterocycles. The Morgan fingerprint density at radius 1 is 0.574 bits per heavy atom. The van der Waals surface area contributed by atoms with Crippen molar-refractivity contribution in [2.75, 3.05) is 19.8 Å². The Morgan fingerprint density at radius 2 is 1.04 bits per heavy atom. The van der Waals surface area contributed by atoms with E-state index in [2.05, 4.69) is 50.3 Å². The van der Waals surface area contributed by atoms with Gasteiger partial charge in [0.05, 0.1) is 13.2 Å². The van der Waals surface area contributed by atoms with Crippen LogP contribution in [0.25, 0.3) is 0 Å². The summed E-state index contributed by atoms with van der Waals surface area (Å²) in [4.78, 5) is 25.3. The summed E-state index contributed by atoms with van der Waals surface area (Å²) in [6.07, 6.45) is 31.4. The summed E-state index contributed by atoms with van der Waals surface area (Å²) in [6, 6.07) is 0. The minimum atomic E-state index is -1.60. The number of unbranched alkanes of at least 4 members (excludes halogenated alkanes) is 18. The third kappa shape index (κ3) is 26.7. The van der Waals surface area contributed by atoms with Crippen molar-refractivity contribution < 1.29 is 49.0 Å². The Labute approximate surface area is 327 Å². The Morgan fingerprint density at radius 3 is 1.59 bits per heavy atom. The van der Waals surface area contributed by atoms with Crippen LogP contribution >= 0.6 is 0 Å². The molecule has 0 aromatic carbocycles. The maximum Gasteiger partial charge on any atom is 0.306 e. The van der Waals surface area contributed by atoms with E-state index in [-0.39, 0.29) is 32.0 Å². The van der Waals surface area contributed by atoms with Crippen LogP contribution in [0.4, 0.5) is 0 Å². The number of rotatable bonds is 35. The van der Waals surface area contributed by atoms with Gasteiger partial charge >= 0.3 is 11.9 Å². The molecule has 0 aromatic heterocycles. The molecule has 10 heteroatoms. The Bertz CT molecular complexity index is 980. The first-order chi connectivity index (χ1) is 26.3. The summed E-state index contributed by atoms with van der Waals surface area (Å²) in [5.74, 6) is -0.833. The molecule has 1 aliphatic heterocycles. The van der Waals surface area contributed by atoms with Gasteiger partial charge in [0.1, 0.15) is 31.0 Å². The van der Waals surface area contributed by atoms with Crippen molar-refractivity contribution in [1.29, 1.82) is 0 Å². The van der Waals surface area contributed by atoms with Crippen molar-refractivity contribution in [1.82, 2.24) is 0 Å². The average Bonchev–Trinajstić information content (AvgIpc) is 3.17. The molecule has 1 rings (SSSR count). The average molecular weight is 767 g/mol. The molecule has 1 fully saturated rings. The van der Waals surface area contributed by atoms with Gasteiger partial charge in [0.15, 0.2) is 12.4 Å². The minimum absolute atomic E-state index is 0.212. The van der Waals surface area contributed by atoms with Gasteiger partial charge in [-0.2, -0.15) is 0 Å². The third-order valence-corrected chi connectivity index (χ3v) is 9.75. The lowest BCUT2D eigenvalue weighted by molar-refractivity contribution is -0.305. The first kappa shape index (κ1) is 49.9. The van der Waals surface area contributed by atoms with E-state index in [1.54, 1.807) is 0 Å². The molecule has 0 saturated carbocycles. The highest BCUT2D eigenvalue weighted by molar-refractivity contribution is 5.70. The summed E-state index contributed by atoms with van der Waals surface area (Å²) in [6.45, 7) is 3.35. The van der Waals surface area contributed by atoms with Gasteiger partial charge in [0.2, 0.25) is 0 Å².